The van der Waals surface area contributed by atoms with Gasteiger partial charge in [-0.2, -0.15) is 0 Å². The van der Waals surface area contributed by atoms with Gasteiger partial charge in [-0.05, 0) is 57.0 Å². The number of aliphatic hydroxyl groups is 1. The smallest absolute Gasteiger partial charge is 0.350 e. The Morgan fingerprint density at radius 2 is 1.77 bits per heavy atom. The second-order valence-corrected chi connectivity index (χ2v) is 9.66. The quantitative estimate of drug-likeness (QED) is 0.154. The molecule has 4 rings (SSSR count). The van der Waals surface area contributed by atoms with Crippen molar-refractivity contribution in [1.82, 2.24) is 4.98 Å². The SMILES string of the molecule is CCCOc1ccc(C2C(=C(O)c3cccc(OCC)c3)C(=O)C(=O)N2c2nc(C)c(C(=O)OCC)s2)cc1. The van der Waals surface area contributed by atoms with Crippen molar-refractivity contribution >= 4 is 39.9 Å². The zero-order valence-electron chi connectivity index (χ0n) is 22.2. The van der Waals surface area contributed by atoms with Gasteiger partial charge in [-0.1, -0.05) is 42.5 Å². The molecular weight excluding hydrogens is 520 g/mol. The summed E-state index contributed by atoms with van der Waals surface area (Å²) in [5.41, 5.74) is 1.17. The Hall–Kier alpha value is -4.18. The Kier molecular flexibility index (Phi) is 8.65. The molecule has 204 valence electrons. The number of anilines is 1. The number of aryl methyl sites for hydroxylation is 1. The number of benzene rings is 2. The summed E-state index contributed by atoms with van der Waals surface area (Å²) in [6, 6.07) is 12.7. The van der Waals surface area contributed by atoms with Gasteiger partial charge in [-0.3, -0.25) is 14.5 Å². The molecule has 1 saturated heterocycles. The van der Waals surface area contributed by atoms with E-state index in [2.05, 4.69) is 4.98 Å². The van der Waals surface area contributed by atoms with Gasteiger partial charge in [-0.25, -0.2) is 9.78 Å². The Labute approximate surface area is 230 Å². The minimum absolute atomic E-state index is 0.0959. The zero-order valence-corrected chi connectivity index (χ0v) is 23.0. The summed E-state index contributed by atoms with van der Waals surface area (Å²) in [5.74, 6) is -1.48. The molecule has 0 spiro atoms. The number of carbonyl (C=O) groups is 3. The highest BCUT2D eigenvalue weighted by Gasteiger charge is 2.48. The van der Waals surface area contributed by atoms with Crippen molar-refractivity contribution in [2.24, 2.45) is 0 Å². The molecule has 3 aromatic rings. The van der Waals surface area contributed by atoms with E-state index in [9.17, 15) is 19.5 Å². The summed E-state index contributed by atoms with van der Waals surface area (Å²) in [6.07, 6.45) is 0.842. The monoisotopic (exact) mass is 550 g/mol. The van der Waals surface area contributed by atoms with Crippen molar-refractivity contribution in [2.45, 2.75) is 40.2 Å². The van der Waals surface area contributed by atoms with E-state index in [1.807, 2.05) is 13.8 Å². The van der Waals surface area contributed by atoms with Crippen LogP contribution in [0.15, 0.2) is 54.1 Å². The molecule has 39 heavy (non-hydrogen) atoms. The van der Waals surface area contributed by atoms with Gasteiger partial charge < -0.3 is 19.3 Å². The predicted molar refractivity (Wildman–Crippen MR) is 147 cm³/mol. The van der Waals surface area contributed by atoms with Gasteiger partial charge in [0.25, 0.3) is 5.78 Å². The van der Waals surface area contributed by atoms with E-state index >= 15 is 0 Å². The van der Waals surface area contributed by atoms with Crippen LogP contribution in [0.1, 0.15) is 59.7 Å². The number of rotatable bonds is 10. The van der Waals surface area contributed by atoms with E-state index in [1.54, 1.807) is 62.4 Å². The number of carbonyl (C=O) groups excluding carboxylic acids is 3. The lowest BCUT2D eigenvalue weighted by Crippen LogP contribution is -2.29. The fourth-order valence-corrected chi connectivity index (χ4v) is 5.23. The maximum Gasteiger partial charge on any atom is 0.350 e. The minimum atomic E-state index is -0.999. The fraction of sp³-hybridized carbons (Fsp3) is 0.310. The van der Waals surface area contributed by atoms with Gasteiger partial charge in [0.1, 0.15) is 22.1 Å². The Morgan fingerprint density at radius 1 is 1.03 bits per heavy atom. The zero-order chi connectivity index (χ0) is 28.1. The first-order valence-electron chi connectivity index (χ1n) is 12.7. The van der Waals surface area contributed by atoms with Gasteiger partial charge in [0, 0.05) is 5.56 Å². The van der Waals surface area contributed by atoms with Crippen molar-refractivity contribution in [3.05, 3.63) is 75.8 Å². The first kappa shape index (κ1) is 27.8. The van der Waals surface area contributed by atoms with Crippen molar-refractivity contribution in [2.75, 3.05) is 24.7 Å². The third-order valence-electron chi connectivity index (χ3n) is 5.98. The molecule has 2 aromatic carbocycles. The predicted octanol–water partition coefficient (Wildman–Crippen LogP) is 5.44. The molecule has 2 heterocycles. The van der Waals surface area contributed by atoms with Crippen LogP contribution in [0, 0.1) is 6.92 Å². The van der Waals surface area contributed by atoms with E-state index < -0.39 is 23.7 Å². The van der Waals surface area contributed by atoms with Gasteiger partial charge in [0.05, 0.1) is 37.1 Å². The topological polar surface area (TPSA) is 115 Å². The second-order valence-electron chi connectivity index (χ2n) is 8.68. The lowest BCUT2D eigenvalue weighted by molar-refractivity contribution is -0.132. The number of nitrogens with zero attached hydrogens (tertiary/aromatic N) is 2. The molecule has 0 radical (unpaired) electrons. The van der Waals surface area contributed by atoms with Gasteiger partial charge in [-0.15, -0.1) is 0 Å². The van der Waals surface area contributed by atoms with E-state index in [0.29, 0.717) is 41.5 Å². The Bertz CT molecular complexity index is 1410. The highest BCUT2D eigenvalue weighted by atomic mass is 32.1. The summed E-state index contributed by atoms with van der Waals surface area (Å²) >= 11 is 0.960. The van der Waals surface area contributed by atoms with Crippen LogP contribution in [0.3, 0.4) is 0 Å². The fourth-order valence-electron chi connectivity index (χ4n) is 4.24. The number of hydrogen-bond donors (Lipinski definition) is 1. The third kappa shape index (κ3) is 5.65. The van der Waals surface area contributed by atoms with E-state index in [1.165, 1.54) is 4.90 Å². The average molecular weight is 551 g/mol. The molecule has 1 N–H and O–H groups in total. The van der Waals surface area contributed by atoms with Crippen LogP contribution in [0.5, 0.6) is 11.5 Å². The van der Waals surface area contributed by atoms with Crippen molar-refractivity contribution in [3.63, 3.8) is 0 Å². The molecule has 0 bridgehead atoms. The summed E-state index contributed by atoms with van der Waals surface area (Å²) in [6.45, 7) is 8.33. The van der Waals surface area contributed by atoms with Crippen LogP contribution in [0.2, 0.25) is 0 Å². The lowest BCUT2D eigenvalue weighted by Gasteiger charge is -2.23. The molecule has 1 aliphatic heterocycles. The highest BCUT2D eigenvalue weighted by molar-refractivity contribution is 7.17. The molecule has 1 unspecified atom stereocenters. The molecule has 1 atom stereocenters. The summed E-state index contributed by atoms with van der Waals surface area (Å²) in [5, 5.41) is 11.5. The normalized spacial score (nSPS) is 16.4. The molecule has 0 saturated carbocycles. The van der Waals surface area contributed by atoms with E-state index in [-0.39, 0.29) is 27.9 Å². The van der Waals surface area contributed by atoms with Crippen LogP contribution < -0.4 is 14.4 Å². The molecule has 0 aliphatic carbocycles. The Balaban J connectivity index is 1.87. The molecule has 9 nitrogen and oxygen atoms in total. The van der Waals surface area contributed by atoms with Crippen LogP contribution in [-0.2, 0) is 14.3 Å². The number of aliphatic hydroxyl groups excluding tert-OH is 1. The van der Waals surface area contributed by atoms with Crippen molar-refractivity contribution in [3.8, 4) is 11.5 Å². The summed E-state index contributed by atoms with van der Waals surface area (Å²) in [7, 11) is 0. The standard InChI is InChI=1S/C29H30N2O7S/c1-5-15-38-20-13-11-18(12-14-20)23-22(24(32)19-9-8-10-21(16-19)36-6-2)25(33)27(34)31(23)29-30-17(4)26(39-29)28(35)37-7-3/h8-14,16,23,32H,5-7,15H2,1-4H3. The minimum Gasteiger partial charge on any atom is -0.507 e. The molecule has 1 amide bonds. The number of amides is 1. The molecular formula is C29H30N2O7S. The van der Waals surface area contributed by atoms with Crippen molar-refractivity contribution < 1.29 is 33.7 Å². The lowest BCUT2D eigenvalue weighted by atomic mass is 9.95. The Morgan fingerprint density at radius 3 is 2.44 bits per heavy atom. The number of Topliss-reactive ketones (excluding diaryl/α,β-unsaturated/α-hetero) is 1. The maximum absolute atomic E-state index is 13.5. The number of aromatic nitrogens is 1. The van der Waals surface area contributed by atoms with Gasteiger partial charge in [0.15, 0.2) is 5.13 Å². The van der Waals surface area contributed by atoms with Crippen molar-refractivity contribution in [1.29, 1.82) is 0 Å². The number of ketones is 1. The van der Waals surface area contributed by atoms with Gasteiger partial charge in [0.2, 0.25) is 0 Å². The molecule has 1 fully saturated rings. The van der Waals surface area contributed by atoms with E-state index in [4.69, 9.17) is 14.2 Å². The van der Waals surface area contributed by atoms with Crippen LogP contribution in [-0.4, -0.2) is 47.6 Å². The van der Waals surface area contributed by atoms with Crippen LogP contribution >= 0.6 is 11.3 Å². The first-order chi connectivity index (χ1) is 18.8. The molecule has 10 heteroatoms. The van der Waals surface area contributed by atoms with E-state index in [0.717, 1.165) is 17.8 Å². The first-order valence-corrected chi connectivity index (χ1v) is 13.5. The number of hydrogen-bond acceptors (Lipinski definition) is 9. The third-order valence-corrected chi connectivity index (χ3v) is 7.12. The maximum atomic E-state index is 13.5. The van der Waals surface area contributed by atoms with Crippen LogP contribution in [0.25, 0.3) is 5.76 Å². The number of ether oxygens (including phenoxy) is 3. The second kappa shape index (κ2) is 12.1. The largest absolute Gasteiger partial charge is 0.507 e. The number of esters is 1. The summed E-state index contributed by atoms with van der Waals surface area (Å²) in [4.78, 5) is 45.3. The van der Waals surface area contributed by atoms with Crippen LogP contribution in [0.4, 0.5) is 5.13 Å². The van der Waals surface area contributed by atoms with Gasteiger partial charge >= 0.3 is 11.9 Å². The highest BCUT2D eigenvalue weighted by Crippen LogP contribution is 2.44. The number of thiazole rings is 1. The molecule has 1 aliphatic rings. The molecule has 1 aromatic heterocycles. The summed E-state index contributed by atoms with van der Waals surface area (Å²) < 4.78 is 16.4. The average Bonchev–Trinajstić information content (AvgIpc) is 3.44.